The summed E-state index contributed by atoms with van der Waals surface area (Å²) in [7, 11) is 1.47. The van der Waals surface area contributed by atoms with Crippen molar-refractivity contribution in [3.05, 3.63) is 40.3 Å². The molecule has 0 saturated carbocycles. The number of hydrogen-bond donors (Lipinski definition) is 2. The molecule has 1 saturated heterocycles. The lowest BCUT2D eigenvalue weighted by atomic mass is 10.1. The molecule has 0 radical (unpaired) electrons. The molecule has 7 nitrogen and oxygen atoms in total. The van der Waals surface area contributed by atoms with Crippen molar-refractivity contribution in [3.63, 3.8) is 0 Å². The Morgan fingerprint density at radius 3 is 2.54 bits per heavy atom. The first-order valence-corrected chi connectivity index (χ1v) is 9.00. The number of piperazine rings is 1. The van der Waals surface area contributed by atoms with Gasteiger partial charge in [0, 0.05) is 45.2 Å². The van der Waals surface area contributed by atoms with Crippen molar-refractivity contribution >= 4 is 16.7 Å². The molecular weight excluding hydrogens is 375 g/mol. The predicted molar refractivity (Wildman–Crippen MR) is 98.0 cm³/mol. The second-order valence-electron chi connectivity index (χ2n) is 6.75. The Labute approximate surface area is 159 Å². The van der Waals surface area contributed by atoms with Crippen molar-refractivity contribution in [1.82, 2.24) is 25.3 Å². The minimum Gasteiger partial charge on any atom is -0.354 e. The summed E-state index contributed by atoms with van der Waals surface area (Å²) in [5.74, 6) is -0.569. The lowest BCUT2D eigenvalue weighted by Crippen LogP contribution is -2.57. The van der Waals surface area contributed by atoms with Crippen molar-refractivity contribution in [2.24, 2.45) is 7.05 Å². The van der Waals surface area contributed by atoms with Gasteiger partial charge < -0.3 is 10.6 Å². The van der Waals surface area contributed by atoms with Crippen molar-refractivity contribution in [3.8, 4) is 0 Å². The van der Waals surface area contributed by atoms with Crippen LogP contribution in [0.2, 0.25) is 0 Å². The maximum absolute atomic E-state index is 13.4. The molecule has 1 aliphatic heterocycles. The van der Waals surface area contributed by atoms with Crippen molar-refractivity contribution in [2.75, 3.05) is 32.7 Å². The minimum atomic E-state index is -4.44. The number of hydrogen-bond acceptors (Lipinski definition) is 5. The molecule has 1 aliphatic rings. The lowest BCUT2D eigenvalue weighted by Gasteiger charge is -2.35. The fourth-order valence-electron chi connectivity index (χ4n) is 3.38. The van der Waals surface area contributed by atoms with E-state index in [1.807, 2.05) is 0 Å². The SMILES string of the molecule is Cn1nc(CC(=O)NCC(N2CCNCC2)C(F)(F)F)c2ccccc2c1=O. The number of halogens is 3. The number of benzene rings is 1. The lowest BCUT2D eigenvalue weighted by molar-refractivity contribution is -0.184. The van der Waals surface area contributed by atoms with Crippen LogP contribution in [0.1, 0.15) is 5.69 Å². The van der Waals surface area contributed by atoms with Gasteiger partial charge in [-0.05, 0) is 6.07 Å². The maximum atomic E-state index is 13.4. The third-order valence-corrected chi connectivity index (χ3v) is 4.82. The van der Waals surface area contributed by atoms with Gasteiger partial charge in [0.15, 0.2) is 0 Å². The fourth-order valence-corrected chi connectivity index (χ4v) is 3.38. The summed E-state index contributed by atoms with van der Waals surface area (Å²) in [6.45, 7) is 0.981. The Morgan fingerprint density at radius 2 is 1.89 bits per heavy atom. The molecule has 1 unspecified atom stereocenters. The monoisotopic (exact) mass is 397 g/mol. The topological polar surface area (TPSA) is 79.3 Å². The van der Waals surface area contributed by atoms with E-state index in [0.717, 1.165) is 4.68 Å². The molecule has 1 aromatic carbocycles. The van der Waals surface area contributed by atoms with E-state index < -0.39 is 24.7 Å². The molecule has 1 amide bonds. The van der Waals surface area contributed by atoms with Crippen molar-refractivity contribution in [1.29, 1.82) is 0 Å². The van der Waals surface area contributed by atoms with Gasteiger partial charge in [-0.1, -0.05) is 18.2 Å². The summed E-state index contributed by atoms with van der Waals surface area (Å²) in [6.07, 6.45) is -4.65. The van der Waals surface area contributed by atoms with Crippen LogP contribution < -0.4 is 16.2 Å². The van der Waals surface area contributed by atoms with E-state index in [0.29, 0.717) is 29.6 Å². The highest BCUT2D eigenvalue weighted by Gasteiger charge is 2.43. The molecule has 152 valence electrons. The maximum Gasteiger partial charge on any atom is 0.405 e. The first-order chi connectivity index (χ1) is 13.3. The quantitative estimate of drug-likeness (QED) is 0.765. The van der Waals surface area contributed by atoms with Crippen molar-refractivity contribution < 1.29 is 18.0 Å². The van der Waals surface area contributed by atoms with E-state index in [2.05, 4.69) is 15.7 Å². The second kappa shape index (κ2) is 8.27. The van der Waals surface area contributed by atoms with Crippen LogP contribution in [0.4, 0.5) is 13.2 Å². The first kappa shape index (κ1) is 20.3. The molecule has 2 N–H and O–H groups in total. The summed E-state index contributed by atoms with van der Waals surface area (Å²) >= 11 is 0. The molecule has 10 heteroatoms. The van der Waals surface area contributed by atoms with Gasteiger partial charge in [-0.15, -0.1) is 0 Å². The Bertz CT molecular complexity index is 906. The number of carbonyl (C=O) groups is 1. The third kappa shape index (κ3) is 4.50. The molecule has 0 bridgehead atoms. The summed E-state index contributed by atoms with van der Waals surface area (Å²) in [5, 5.41) is 10.4. The van der Waals surface area contributed by atoms with Crippen LogP contribution in [0.15, 0.2) is 29.1 Å². The van der Waals surface area contributed by atoms with Crippen molar-refractivity contribution in [2.45, 2.75) is 18.6 Å². The Hall–Kier alpha value is -2.46. The molecule has 1 atom stereocenters. The summed E-state index contributed by atoms with van der Waals surface area (Å²) < 4.78 is 41.4. The van der Waals surface area contributed by atoms with E-state index in [9.17, 15) is 22.8 Å². The zero-order chi connectivity index (χ0) is 20.3. The number of aromatic nitrogens is 2. The number of aryl methyl sites for hydroxylation is 1. The fraction of sp³-hybridized carbons (Fsp3) is 0.500. The molecule has 2 aromatic rings. The summed E-state index contributed by atoms with van der Waals surface area (Å²) in [5.41, 5.74) is 0.0523. The minimum absolute atomic E-state index is 0.208. The molecule has 0 spiro atoms. The number of amides is 1. The largest absolute Gasteiger partial charge is 0.405 e. The standard InChI is InChI=1S/C18H22F3N5O2/c1-25-17(28)13-5-3-2-4-12(13)14(24-25)10-16(27)23-11-15(18(19,20)21)26-8-6-22-7-9-26/h2-5,15,22H,6-11H2,1H3,(H,23,27). The molecule has 2 heterocycles. The average Bonchev–Trinajstić information content (AvgIpc) is 2.66. The van der Waals surface area contributed by atoms with Gasteiger partial charge in [0.05, 0.1) is 17.5 Å². The van der Waals surface area contributed by atoms with E-state index in [-0.39, 0.29) is 25.1 Å². The molecule has 28 heavy (non-hydrogen) atoms. The highest BCUT2D eigenvalue weighted by atomic mass is 19.4. The Morgan fingerprint density at radius 1 is 1.25 bits per heavy atom. The average molecular weight is 397 g/mol. The normalized spacial score (nSPS) is 16.9. The van der Waals surface area contributed by atoms with E-state index in [1.165, 1.54) is 11.9 Å². The Kier molecular flexibility index (Phi) is 5.99. The van der Waals surface area contributed by atoms with Gasteiger partial charge in [-0.3, -0.25) is 14.5 Å². The number of nitrogens with one attached hydrogen (secondary N) is 2. The van der Waals surface area contributed by atoms with Crippen LogP contribution in [0.3, 0.4) is 0 Å². The predicted octanol–water partition coefficient (Wildman–Crippen LogP) is 0.428. The van der Waals surface area contributed by atoms with Crippen LogP contribution in [-0.2, 0) is 18.3 Å². The Balaban J connectivity index is 1.72. The number of carbonyl (C=O) groups excluding carboxylic acids is 1. The van der Waals surface area contributed by atoms with Crippen LogP contribution in [-0.4, -0.2) is 65.5 Å². The van der Waals surface area contributed by atoms with Gasteiger partial charge in [0.1, 0.15) is 6.04 Å². The van der Waals surface area contributed by atoms with E-state index >= 15 is 0 Å². The van der Waals surface area contributed by atoms with Crippen LogP contribution >= 0.6 is 0 Å². The van der Waals surface area contributed by atoms with E-state index in [1.54, 1.807) is 24.3 Å². The third-order valence-electron chi connectivity index (χ3n) is 4.82. The second-order valence-corrected chi connectivity index (χ2v) is 6.75. The van der Waals surface area contributed by atoms with Gasteiger partial charge in [0.2, 0.25) is 5.91 Å². The summed E-state index contributed by atoms with van der Waals surface area (Å²) in [4.78, 5) is 25.8. The number of fused-ring (bicyclic) bond motifs is 1. The molecule has 0 aliphatic carbocycles. The zero-order valence-electron chi connectivity index (χ0n) is 15.4. The van der Waals surface area contributed by atoms with Gasteiger partial charge in [-0.25, -0.2) is 4.68 Å². The highest BCUT2D eigenvalue weighted by Crippen LogP contribution is 2.24. The van der Waals surface area contributed by atoms with Crippen LogP contribution in [0.5, 0.6) is 0 Å². The number of rotatable bonds is 5. The van der Waals surface area contributed by atoms with Crippen LogP contribution in [0, 0.1) is 0 Å². The number of alkyl halides is 3. The number of nitrogens with zero attached hydrogens (tertiary/aromatic N) is 3. The molecular formula is C18H22F3N5O2. The summed E-state index contributed by atoms with van der Waals surface area (Å²) in [6, 6.07) is 4.99. The van der Waals surface area contributed by atoms with Gasteiger partial charge in [-0.2, -0.15) is 18.3 Å². The molecule has 1 fully saturated rings. The highest BCUT2D eigenvalue weighted by molar-refractivity contribution is 5.88. The van der Waals surface area contributed by atoms with Gasteiger partial charge >= 0.3 is 6.18 Å². The first-order valence-electron chi connectivity index (χ1n) is 9.00. The van der Waals surface area contributed by atoms with Crippen LogP contribution in [0.25, 0.3) is 10.8 Å². The van der Waals surface area contributed by atoms with Gasteiger partial charge in [0.25, 0.3) is 5.56 Å². The molecule has 3 rings (SSSR count). The molecule has 1 aromatic heterocycles. The smallest absolute Gasteiger partial charge is 0.354 e. The van der Waals surface area contributed by atoms with E-state index in [4.69, 9.17) is 0 Å². The zero-order valence-corrected chi connectivity index (χ0v) is 15.4.